The number of nitrogens with two attached hydrogens (primary N) is 1. The number of rotatable bonds is 5. The summed E-state index contributed by atoms with van der Waals surface area (Å²) in [4.78, 5) is 17.2. The summed E-state index contributed by atoms with van der Waals surface area (Å²) in [5.41, 5.74) is 4.95. The quantitative estimate of drug-likeness (QED) is 0.184. The Morgan fingerprint density at radius 1 is 1.27 bits per heavy atom. The van der Waals surface area contributed by atoms with Crippen LogP contribution in [-0.4, -0.2) is 82.4 Å². The first-order valence-corrected chi connectivity index (χ1v) is 15.4. The van der Waals surface area contributed by atoms with Gasteiger partial charge in [0.15, 0.2) is 5.82 Å². The normalized spacial score (nSPS) is 28.7. The first-order valence-electron chi connectivity index (χ1n) is 15.9. The molecule has 12 heteroatoms. The van der Waals surface area contributed by atoms with Crippen LogP contribution in [-0.2, 0) is 4.74 Å². The molecule has 0 spiro atoms. The van der Waals surface area contributed by atoms with Crippen LogP contribution < -0.4 is 15.4 Å². The minimum absolute atomic E-state index is 0.0127. The second-order valence-corrected chi connectivity index (χ2v) is 12.7. The highest BCUT2D eigenvalue weighted by Crippen LogP contribution is 2.47. The summed E-state index contributed by atoms with van der Waals surface area (Å²) in [6, 6.07) is 5.22. The maximum Gasteiger partial charge on any atom is 0.319 e. The Balaban J connectivity index is 1.32. The molecule has 5 atom stereocenters. The predicted octanol–water partition coefficient (Wildman–Crippen LogP) is 5.08. The molecule has 1 saturated carbocycles. The molecule has 232 valence electrons. The third-order valence-corrected chi connectivity index (χ3v) is 10.1. The van der Waals surface area contributed by atoms with Crippen molar-refractivity contribution in [3.05, 3.63) is 47.7 Å². The number of hydrogen-bond donors (Lipinski definition) is 1. The maximum atomic E-state index is 16.9. The lowest BCUT2D eigenvalue weighted by molar-refractivity contribution is 0.107. The third kappa shape index (κ3) is 4.56. The minimum Gasteiger partial charge on any atom is -0.461 e. The van der Waals surface area contributed by atoms with E-state index in [2.05, 4.69) is 20.9 Å². The largest absolute Gasteiger partial charge is 0.461 e. The van der Waals surface area contributed by atoms with Crippen LogP contribution in [0.3, 0.4) is 0 Å². The van der Waals surface area contributed by atoms with Gasteiger partial charge in [-0.05, 0) is 43.0 Å². The molecule has 8 nitrogen and oxygen atoms in total. The van der Waals surface area contributed by atoms with Gasteiger partial charge in [0.1, 0.15) is 35.6 Å². The van der Waals surface area contributed by atoms with Gasteiger partial charge >= 0.3 is 6.01 Å². The van der Waals surface area contributed by atoms with Crippen molar-refractivity contribution in [1.82, 2.24) is 19.9 Å². The Bertz CT molecular complexity index is 2000. The number of alkyl halides is 2. The molecule has 3 aliphatic heterocycles. The lowest BCUT2D eigenvalue weighted by Crippen LogP contribution is -2.43. The average molecular weight is 637 g/mol. The molecule has 0 amide bonds. The van der Waals surface area contributed by atoms with E-state index >= 15 is 4.39 Å². The van der Waals surface area contributed by atoms with Crippen molar-refractivity contribution in [2.75, 3.05) is 50.0 Å². The smallest absolute Gasteiger partial charge is 0.319 e. The van der Waals surface area contributed by atoms with Crippen LogP contribution in [0.1, 0.15) is 27.6 Å². The Kier molecular flexibility index (Phi) is 6.22. The Morgan fingerprint density at radius 2 is 2.13 bits per heavy atom. The first kappa shape index (κ1) is 26.4. The molecule has 45 heavy (non-hydrogen) atoms. The monoisotopic (exact) mass is 636 g/mol. The van der Waals surface area contributed by atoms with Gasteiger partial charge in [-0.1, -0.05) is 12.0 Å². The number of nitrogen functional groups attached to an aromatic ring is 1. The molecule has 0 radical (unpaired) electrons. The van der Waals surface area contributed by atoms with Gasteiger partial charge in [-0.15, -0.1) is 18.0 Å². The zero-order chi connectivity index (χ0) is 32.8. The maximum absolute atomic E-state index is 16.9. The van der Waals surface area contributed by atoms with Crippen LogP contribution in [0.2, 0.25) is 0 Å². The summed E-state index contributed by atoms with van der Waals surface area (Å²) in [5, 5.41) is 0.747. The molecule has 4 aromatic rings. The van der Waals surface area contributed by atoms with Gasteiger partial charge in [-0.2, -0.15) is 9.97 Å². The molecule has 4 aliphatic rings. The van der Waals surface area contributed by atoms with E-state index in [4.69, 9.17) is 36.0 Å². The second kappa shape index (κ2) is 10.6. The molecule has 4 fully saturated rings. The van der Waals surface area contributed by atoms with Crippen molar-refractivity contribution < 1.29 is 25.4 Å². The number of terminal acetylenes is 1. The van der Waals surface area contributed by atoms with Crippen molar-refractivity contribution in [2.24, 2.45) is 5.92 Å². The van der Waals surface area contributed by atoms with Crippen LogP contribution in [0.4, 0.5) is 24.7 Å². The molecule has 8 rings (SSSR count). The van der Waals surface area contributed by atoms with Crippen molar-refractivity contribution in [3.8, 4) is 29.6 Å². The van der Waals surface area contributed by atoms with Crippen LogP contribution >= 0.6 is 11.6 Å². The van der Waals surface area contributed by atoms with E-state index in [1.54, 1.807) is 11.0 Å². The highest BCUT2D eigenvalue weighted by Gasteiger charge is 2.55. The van der Waals surface area contributed by atoms with E-state index in [0.29, 0.717) is 44.5 Å². The molecular weight excluding hydrogens is 605 g/mol. The Hall–Kier alpha value is -3.85. The lowest BCUT2D eigenvalue weighted by atomic mass is 9.95. The van der Waals surface area contributed by atoms with Gasteiger partial charge in [-0.3, -0.25) is 9.88 Å². The molecule has 2 N–H and O–H groups in total. The number of aromatic nitrogens is 3. The van der Waals surface area contributed by atoms with Crippen LogP contribution in [0.15, 0.2) is 30.5 Å². The van der Waals surface area contributed by atoms with Gasteiger partial charge in [0, 0.05) is 48.3 Å². The van der Waals surface area contributed by atoms with Crippen molar-refractivity contribution in [2.45, 2.75) is 42.4 Å². The Morgan fingerprint density at radius 3 is 2.98 bits per heavy atom. The van der Waals surface area contributed by atoms with Gasteiger partial charge in [0.25, 0.3) is 0 Å². The summed E-state index contributed by atoms with van der Waals surface area (Å²) in [7, 11) is 0. The fourth-order valence-corrected chi connectivity index (χ4v) is 7.81. The average Bonchev–Trinajstić information content (AvgIpc) is 3.39. The van der Waals surface area contributed by atoms with E-state index < -0.39 is 35.9 Å². The number of anilines is 2. The molecule has 1 aliphatic carbocycles. The zero-order valence-electron chi connectivity index (χ0n) is 26.1. The minimum atomic E-state index is -2.41. The highest BCUT2D eigenvalue weighted by atomic mass is 35.5. The van der Waals surface area contributed by atoms with Crippen LogP contribution in [0.5, 0.6) is 6.01 Å². The van der Waals surface area contributed by atoms with Gasteiger partial charge in [0.05, 0.1) is 43.9 Å². The number of halogens is 4. The molecule has 2 aromatic heterocycles. The van der Waals surface area contributed by atoms with E-state index in [1.807, 2.05) is 4.90 Å². The number of pyridine rings is 1. The topological polar surface area (TPSA) is 89.6 Å². The second-order valence-electron chi connectivity index (χ2n) is 12.2. The van der Waals surface area contributed by atoms with E-state index in [9.17, 15) is 8.78 Å². The molecular formula is C33H30ClF3N6O2. The number of fused-ring (bicyclic) bond motifs is 4. The summed E-state index contributed by atoms with van der Waals surface area (Å²) >= 11 is 6.64. The van der Waals surface area contributed by atoms with Gasteiger partial charge < -0.3 is 20.1 Å². The fourth-order valence-electron chi connectivity index (χ4n) is 7.35. The van der Waals surface area contributed by atoms with Crippen LogP contribution in [0.25, 0.3) is 32.9 Å². The van der Waals surface area contributed by atoms with Crippen molar-refractivity contribution in [3.63, 3.8) is 0 Å². The first-order chi connectivity index (χ1) is 22.5. The summed E-state index contributed by atoms with van der Waals surface area (Å²) < 4.78 is 76.2. The molecule has 5 heterocycles. The lowest BCUT2D eigenvalue weighted by Gasteiger charge is -2.31. The summed E-state index contributed by atoms with van der Waals surface area (Å²) in [6.07, 6.45) is 6.93. The predicted molar refractivity (Wildman–Crippen MR) is 166 cm³/mol. The number of benzene rings is 2. The standard InChI is InChI=1S/C33H30ClF3N6O2/c1-2-20-24(36)5-4-17-10-19(38)11-21(25(17)20)28-27(37)29-22(13-39-28)31(43-8-9-44-15-23-26(34)30(23)43)41-32(40-29)45-16-33-6-3-7-42(33)14-18(35)12-33/h1,4-5,10-11,13,18,23,26,30H,3,6-9,12,14-16,38H2/t18-,23-,26+,30?,33+/m1/s1/i16D2. The molecule has 1 unspecified atom stereocenters. The molecule has 2 aromatic carbocycles. The van der Waals surface area contributed by atoms with E-state index in [0.717, 1.165) is 0 Å². The highest BCUT2D eigenvalue weighted by molar-refractivity contribution is 6.24. The number of ether oxygens (including phenoxy) is 2. The molecule has 0 bridgehead atoms. The van der Waals surface area contributed by atoms with Gasteiger partial charge in [-0.25, -0.2) is 13.2 Å². The fraction of sp³-hybridized carbons (Fsp3) is 0.424. The van der Waals surface area contributed by atoms with Crippen molar-refractivity contribution in [1.29, 1.82) is 0 Å². The van der Waals surface area contributed by atoms with E-state index in [1.165, 1.54) is 24.4 Å². The SMILES string of the molecule is [2H]C([2H])(Oc1nc(N2CCOC[C@H]3C2[C@H]3Cl)c2cnc(-c3cc(N)cc4ccc(F)c(C#C)c34)c(F)c2n1)[C@@]12CCCN1C[C@H](F)C2. The van der Waals surface area contributed by atoms with Gasteiger partial charge in [0.2, 0.25) is 0 Å². The number of nitrogens with zero attached hydrogens (tertiary/aromatic N) is 5. The zero-order valence-corrected chi connectivity index (χ0v) is 24.8. The summed E-state index contributed by atoms with van der Waals surface area (Å²) in [5.74, 6) is 1.09. The Labute approximate surface area is 265 Å². The number of hydrogen-bond acceptors (Lipinski definition) is 8. The third-order valence-electron chi connectivity index (χ3n) is 9.52. The van der Waals surface area contributed by atoms with E-state index in [-0.39, 0.29) is 74.9 Å². The summed E-state index contributed by atoms with van der Waals surface area (Å²) in [6.45, 7) is -0.570. The molecule has 3 saturated heterocycles. The van der Waals surface area contributed by atoms with Crippen molar-refractivity contribution >= 4 is 44.8 Å². The van der Waals surface area contributed by atoms with Crippen LogP contribution in [0, 0.1) is 29.9 Å².